The fraction of sp³-hybridized carbons (Fsp3) is 0.625. The summed E-state index contributed by atoms with van der Waals surface area (Å²) in [5, 5.41) is 12.8. The van der Waals surface area contributed by atoms with Crippen molar-refractivity contribution in [2.24, 2.45) is 11.8 Å². The van der Waals surface area contributed by atoms with E-state index in [0.717, 1.165) is 0 Å². The zero-order valence-electron chi connectivity index (χ0n) is 19.6. The number of hydrogen-bond acceptors (Lipinski definition) is 8. The minimum Gasteiger partial charge on any atom is -0.463 e. The van der Waals surface area contributed by atoms with Crippen LogP contribution in [0.1, 0.15) is 33.6 Å². The number of aliphatic hydroxyl groups excluding tert-OH is 1. The maximum atomic E-state index is 12.3. The van der Waals surface area contributed by atoms with Gasteiger partial charge in [0.2, 0.25) is 5.91 Å². The lowest BCUT2D eigenvalue weighted by Crippen LogP contribution is -2.44. The van der Waals surface area contributed by atoms with Gasteiger partial charge in [-0.15, -0.1) is 0 Å². The largest absolute Gasteiger partial charge is 0.463 e. The van der Waals surface area contributed by atoms with Gasteiger partial charge in [0.15, 0.2) is 0 Å². The molecule has 9 nitrogen and oxygen atoms in total. The van der Waals surface area contributed by atoms with E-state index in [0.29, 0.717) is 0 Å². The molecule has 2 aliphatic heterocycles. The molecule has 184 valence electrons. The molecule has 0 saturated heterocycles. The molecule has 33 heavy (non-hydrogen) atoms. The van der Waals surface area contributed by atoms with Crippen LogP contribution in [0.2, 0.25) is 0 Å². The van der Waals surface area contributed by atoms with E-state index in [9.17, 15) is 19.5 Å². The van der Waals surface area contributed by atoms with E-state index >= 15 is 0 Å². The summed E-state index contributed by atoms with van der Waals surface area (Å²) in [5.74, 6) is -1.53. The molecule has 2 N–H and O–H groups in total. The summed E-state index contributed by atoms with van der Waals surface area (Å²) in [7, 11) is 1.54. The van der Waals surface area contributed by atoms with E-state index in [1.807, 2.05) is 19.9 Å². The van der Waals surface area contributed by atoms with Crippen molar-refractivity contribution in [3.05, 3.63) is 36.5 Å². The molecule has 0 spiro atoms. The van der Waals surface area contributed by atoms with E-state index in [1.54, 1.807) is 30.4 Å². The molecule has 0 saturated carbocycles. The normalized spacial score (nSPS) is 37.1. The van der Waals surface area contributed by atoms with Crippen LogP contribution in [0.5, 0.6) is 0 Å². The zero-order chi connectivity index (χ0) is 24.4. The van der Waals surface area contributed by atoms with E-state index in [-0.39, 0.29) is 62.0 Å². The molecular weight excluding hydrogens is 430 g/mol. The van der Waals surface area contributed by atoms with Crippen molar-refractivity contribution in [3.8, 4) is 0 Å². The lowest BCUT2D eigenvalue weighted by molar-refractivity contribution is -0.157. The highest BCUT2D eigenvalue weighted by Gasteiger charge is 2.30. The van der Waals surface area contributed by atoms with Gasteiger partial charge in [-0.3, -0.25) is 9.59 Å². The Bertz CT molecular complexity index is 762. The fourth-order valence-electron chi connectivity index (χ4n) is 3.43. The predicted octanol–water partition coefficient (Wildman–Crippen LogP) is 1.46. The molecule has 7 atom stereocenters. The van der Waals surface area contributed by atoms with Crippen molar-refractivity contribution < 1.29 is 38.4 Å². The number of carbonyl (C=O) groups is 3. The molecular formula is C24H35NO8. The molecule has 0 aromatic carbocycles. The molecule has 2 aliphatic rings. The van der Waals surface area contributed by atoms with Crippen LogP contribution in [0.15, 0.2) is 36.5 Å². The highest BCUT2D eigenvalue weighted by atomic mass is 16.6. The summed E-state index contributed by atoms with van der Waals surface area (Å²) in [4.78, 5) is 36.6. The Kier molecular flexibility index (Phi) is 10.8. The van der Waals surface area contributed by atoms with Crippen LogP contribution in [-0.4, -0.2) is 73.7 Å². The molecule has 2 bridgehead atoms. The standard InChI is InChI=1S/C24H35NO8/c1-15-8-6-10-23(28)31-13-20(30-4)16(2)7-5-9-22(27)25-17(3)24(29)32-14-21-18(26)11-12-19(15)33-21/h5-8,11-12,15-21,26H,9-10,13-14H2,1-4H3,(H,25,27)/b7-5+,8-6+/t15-,16-,17+,18+,19+,20-,21-/m1/s1. The fourth-order valence-corrected chi connectivity index (χ4v) is 3.43. The van der Waals surface area contributed by atoms with Gasteiger partial charge in [-0.25, -0.2) is 4.79 Å². The Morgan fingerprint density at radius 1 is 0.939 bits per heavy atom. The molecule has 0 aromatic heterocycles. The quantitative estimate of drug-likeness (QED) is 0.441. The second-order valence-corrected chi connectivity index (χ2v) is 8.37. The average Bonchev–Trinajstić information content (AvgIpc) is 2.77. The Morgan fingerprint density at radius 2 is 1.64 bits per heavy atom. The first kappa shape index (κ1) is 26.8. The number of ether oxygens (including phenoxy) is 4. The van der Waals surface area contributed by atoms with Crippen LogP contribution >= 0.6 is 0 Å². The molecule has 0 fully saturated rings. The molecule has 0 aromatic rings. The summed E-state index contributed by atoms with van der Waals surface area (Å²) >= 11 is 0. The number of rotatable bonds is 1. The molecule has 0 radical (unpaired) electrons. The van der Waals surface area contributed by atoms with Gasteiger partial charge in [0.1, 0.15) is 31.5 Å². The topological polar surface area (TPSA) is 120 Å². The highest BCUT2D eigenvalue weighted by Crippen LogP contribution is 2.21. The monoisotopic (exact) mass is 465 g/mol. The SMILES string of the molecule is CO[C@@H]1COC(=O)C/C=C/[C@@H](C)[C@@H]2C=C[C@H](O)[C@@H](COC(=O)[C@H](C)NC(=O)C/C=C/[C@H]1C)O2. The van der Waals surface area contributed by atoms with E-state index in [4.69, 9.17) is 18.9 Å². The van der Waals surface area contributed by atoms with Gasteiger partial charge in [0.25, 0.3) is 0 Å². The number of cyclic esters (lactones) is 2. The minimum atomic E-state index is -0.924. The third kappa shape index (κ3) is 8.75. The maximum absolute atomic E-state index is 12.3. The second-order valence-electron chi connectivity index (χ2n) is 8.37. The smallest absolute Gasteiger partial charge is 0.328 e. The molecule has 9 heteroatoms. The van der Waals surface area contributed by atoms with Crippen LogP contribution in [-0.2, 0) is 33.3 Å². The van der Waals surface area contributed by atoms with Gasteiger partial charge >= 0.3 is 11.9 Å². The molecule has 1 amide bonds. The van der Waals surface area contributed by atoms with Gasteiger partial charge in [-0.05, 0) is 6.92 Å². The van der Waals surface area contributed by atoms with Crippen molar-refractivity contribution >= 4 is 17.8 Å². The number of amides is 1. The summed E-state index contributed by atoms with van der Waals surface area (Å²) in [6, 6.07) is -0.850. The highest BCUT2D eigenvalue weighted by molar-refractivity contribution is 5.84. The van der Waals surface area contributed by atoms with E-state index in [1.165, 1.54) is 14.0 Å². The molecule has 0 aliphatic carbocycles. The van der Waals surface area contributed by atoms with Gasteiger partial charge in [-0.2, -0.15) is 0 Å². The Balaban J connectivity index is 2.12. The number of hydrogen-bond donors (Lipinski definition) is 2. The van der Waals surface area contributed by atoms with Gasteiger partial charge < -0.3 is 29.4 Å². The van der Waals surface area contributed by atoms with Crippen molar-refractivity contribution in [2.45, 2.75) is 64.1 Å². The van der Waals surface area contributed by atoms with Gasteiger partial charge in [-0.1, -0.05) is 50.3 Å². The van der Waals surface area contributed by atoms with Crippen molar-refractivity contribution in [2.75, 3.05) is 20.3 Å². The third-order valence-electron chi connectivity index (χ3n) is 5.61. The van der Waals surface area contributed by atoms with Crippen molar-refractivity contribution in [1.29, 1.82) is 0 Å². The second kappa shape index (κ2) is 13.3. The van der Waals surface area contributed by atoms with Gasteiger partial charge in [0, 0.05) is 25.4 Å². The van der Waals surface area contributed by atoms with Crippen molar-refractivity contribution in [3.63, 3.8) is 0 Å². The van der Waals surface area contributed by atoms with E-state index in [2.05, 4.69) is 5.32 Å². The molecule has 2 heterocycles. The first-order chi connectivity index (χ1) is 15.7. The minimum absolute atomic E-state index is 0.0673. The summed E-state index contributed by atoms with van der Waals surface area (Å²) < 4.78 is 21.9. The van der Waals surface area contributed by atoms with Crippen LogP contribution in [0, 0.1) is 11.8 Å². The predicted molar refractivity (Wildman–Crippen MR) is 120 cm³/mol. The average molecular weight is 466 g/mol. The zero-order valence-corrected chi connectivity index (χ0v) is 19.6. The molecule has 0 unspecified atom stereocenters. The Hall–Kier alpha value is -2.49. The van der Waals surface area contributed by atoms with Crippen LogP contribution in [0.4, 0.5) is 0 Å². The number of carbonyl (C=O) groups excluding carboxylic acids is 3. The Labute approximate surface area is 194 Å². The lowest BCUT2D eigenvalue weighted by Gasteiger charge is -2.31. The molecule has 2 rings (SSSR count). The number of fused-ring (bicyclic) bond motifs is 2. The van der Waals surface area contributed by atoms with Crippen LogP contribution in [0.3, 0.4) is 0 Å². The summed E-state index contributed by atoms with van der Waals surface area (Å²) in [5.41, 5.74) is 0. The Morgan fingerprint density at radius 3 is 2.36 bits per heavy atom. The third-order valence-corrected chi connectivity index (χ3v) is 5.61. The van der Waals surface area contributed by atoms with Crippen LogP contribution < -0.4 is 5.32 Å². The first-order valence-electron chi connectivity index (χ1n) is 11.2. The first-order valence-corrected chi connectivity index (χ1v) is 11.2. The van der Waals surface area contributed by atoms with Gasteiger partial charge in [0.05, 0.1) is 18.6 Å². The summed E-state index contributed by atoms with van der Waals surface area (Å²) in [6.45, 7) is 5.28. The number of methoxy groups -OCH3 is 1. The number of nitrogens with one attached hydrogen (secondary N) is 1. The lowest BCUT2D eigenvalue weighted by atomic mass is 9.99. The van der Waals surface area contributed by atoms with Crippen molar-refractivity contribution in [1.82, 2.24) is 5.32 Å². The van der Waals surface area contributed by atoms with Crippen LogP contribution in [0.25, 0.3) is 0 Å². The summed E-state index contributed by atoms with van der Waals surface area (Å²) in [6.07, 6.45) is 8.18. The number of esters is 2. The van der Waals surface area contributed by atoms with E-state index < -0.39 is 24.2 Å². The number of aliphatic hydroxyl groups is 1. The maximum Gasteiger partial charge on any atom is 0.328 e.